The van der Waals surface area contributed by atoms with Crippen molar-refractivity contribution in [2.24, 2.45) is 0 Å². The van der Waals surface area contributed by atoms with Crippen LogP contribution in [0.4, 0.5) is 8.78 Å². The maximum absolute atomic E-state index is 13.1. The standard InChI is InChI=1S/C15H8ClF2NO2/c16-12-6-14(18)13(17)5-11(12)15(20)21-8-10-4-2-1-3-9(10)7-19/h1-6H,8H2. The number of nitriles is 1. The topological polar surface area (TPSA) is 50.1 Å². The number of hydrogen-bond acceptors (Lipinski definition) is 3. The van der Waals surface area contributed by atoms with E-state index in [1.54, 1.807) is 24.3 Å². The molecule has 0 aliphatic heterocycles. The van der Waals surface area contributed by atoms with Crippen molar-refractivity contribution in [3.8, 4) is 6.07 Å². The number of carbonyl (C=O) groups excluding carboxylic acids is 1. The third kappa shape index (κ3) is 3.36. The van der Waals surface area contributed by atoms with Crippen molar-refractivity contribution in [2.45, 2.75) is 6.61 Å². The van der Waals surface area contributed by atoms with Crippen molar-refractivity contribution >= 4 is 17.6 Å². The van der Waals surface area contributed by atoms with E-state index in [4.69, 9.17) is 21.6 Å². The normalized spacial score (nSPS) is 10.0. The zero-order valence-electron chi connectivity index (χ0n) is 10.6. The number of benzene rings is 2. The SMILES string of the molecule is N#Cc1ccccc1COC(=O)c1cc(F)c(F)cc1Cl. The molecule has 0 N–H and O–H groups in total. The summed E-state index contributed by atoms with van der Waals surface area (Å²) in [6.45, 7) is -0.169. The summed E-state index contributed by atoms with van der Waals surface area (Å²) in [7, 11) is 0. The Morgan fingerprint density at radius 1 is 1.24 bits per heavy atom. The number of hydrogen-bond donors (Lipinski definition) is 0. The van der Waals surface area contributed by atoms with Gasteiger partial charge in [-0.25, -0.2) is 13.6 Å². The fraction of sp³-hybridized carbons (Fsp3) is 0.0667. The zero-order valence-corrected chi connectivity index (χ0v) is 11.3. The van der Waals surface area contributed by atoms with E-state index in [-0.39, 0.29) is 17.2 Å². The molecule has 0 bridgehead atoms. The molecule has 0 unspecified atom stereocenters. The Morgan fingerprint density at radius 3 is 2.62 bits per heavy atom. The van der Waals surface area contributed by atoms with Gasteiger partial charge < -0.3 is 4.74 Å². The second-order valence-electron chi connectivity index (χ2n) is 4.09. The fourth-order valence-electron chi connectivity index (χ4n) is 1.66. The van der Waals surface area contributed by atoms with Crippen LogP contribution >= 0.6 is 11.6 Å². The first kappa shape index (κ1) is 14.9. The molecule has 6 heteroatoms. The number of rotatable bonds is 3. The van der Waals surface area contributed by atoms with Gasteiger partial charge in [0.25, 0.3) is 0 Å². The first-order valence-corrected chi connectivity index (χ1v) is 6.20. The van der Waals surface area contributed by atoms with E-state index in [2.05, 4.69) is 0 Å². The molecule has 0 fully saturated rings. The Morgan fingerprint density at radius 2 is 1.90 bits per heavy atom. The van der Waals surface area contributed by atoms with Crippen LogP contribution in [-0.4, -0.2) is 5.97 Å². The van der Waals surface area contributed by atoms with Crippen LogP contribution < -0.4 is 0 Å². The second-order valence-corrected chi connectivity index (χ2v) is 4.50. The van der Waals surface area contributed by atoms with Gasteiger partial charge in [-0.1, -0.05) is 29.8 Å². The molecule has 2 aromatic rings. The lowest BCUT2D eigenvalue weighted by atomic mass is 10.1. The highest BCUT2D eigenvalue weighted by Crippen LogP contribution is 2.21. The van der Waals surface area contributed by atoms with Crippen molar-refractivity contribution in [1.29, 1.82) is 5.26 Å². The molecule has 106 valence electrons. The van der Waals surface area contributed by atoms with Crippen LogP contribution in [-0.2, 0) is 11.3 Å². The molecule has 2 rings (SSSR count). The highest BCUT2D eigenvalue weighted by molar-refractivity contribution is 6.33. The highest BCUT2D eigenvalue weighted by Gasteiger charge is 2.16. The zero-order chi connectivity index (χ0) is 15.4. The Hall–Kier alpha value is -2.45. The van der Waals surface area contributed by atoms with Gasteiger partial charge in [-0.3, -0.25) is 0 Å². The van der Waals surface area contributed by atoms with E-state index < -0.39 is 17.6 Å². The van der Waals surface area contributed by atoms with Gasteiger partial charge in [-0.15, -0.1) is 0 Å². The summed E-state index contributed by atoms with van der Waals surface area (Å²) in [5.41, 5.74) is 0.596. The van der Waals surface area contributed by atoms with Crippen LogP contribution in [0.5, 0.6) is 0 Å². The second kappa shape index (κ2) is 6.33. The van der Waals surface area contributed by atoms with E-state index in [0.29, 0.717) is 23.3 Å². The molecule has 0 radical (unpaired) electrons. The van der Waals surface area contributed by atoms with E-state index >= 15 is 0 Å². The highest BCUT2D eigenvalue weighted by atomic mass is 35.5. The third-order valence-corrected chi connectivity index (χ3v) is 3.04. The van der Waals surface area contributed by atoms with Gasteiger partial charge in [0.2, 0.25) is 0 Å². The predicted molar refractivity (Wildman–Crippen MR) is 71.6 cm³/mol. The van der Waals surface area contributed by atoms with Crippen molar-refractivity contribution in [3.05, 3.63) is 69.7 Å². The summed E-state index contributed by atoms with van der Waals surface area (Å²) in [5, 5.41) is 8.67. The molecule has 0 amide bonds. The van der Waals surface area contributed by atoms with Crippen molar-refractivity contribution in [3.63, 3.8) is 0 Å². The van der Waals surface area contributed by atoms with Crippen LogP contribution in [0.3, 0.4) is 0 Å². The molecule has 0 saturated heterocycles. The minimum Gasteiger partial charge on any atom is -0.457 e. The van der Waals surface area contributed by atoms with Crippen LogP contribution in [0.2, 0.25) is 5.02 Å². The van der Waals surface area contributed by atoms with Gasteiger partial charge in [0.05, 0.1) is 22.2 Å². The van der Waals surface area contributed by atoms with E-state index in [9.17, 15) is 13.6 Å². The number of halogens is 3. The smallest absolute Gasteiger partial charge is 0.340 e. The maximum Gasteiger partial charge on any atom is 0.340 e. The summed E-state index contributed by atoms with van der Waals surface area (Å²) in [4.78, 5) is 11.8. The number of ether oxygens (including phenoxy) is 1. The van der Waals surface area contributed by atoms with Gasteiger partial charge >= 0.3 is 5.97 Å². The molecule has 0 spiro atoms. The Balaban J connectivity index is 2.16. The first-order chi connectivity index (χ1) is 10.0. The quantitative estimate of drug-likeness (QED) is 0.639. The fourth-order valence-corrected chi connectivity index (χ4v) is 1.88. The molecule has 0 saturated carbocycles. The molecule has 3 nitrogen and oxygen atoms in total. The Kier molecular flexibility index (Phi) is 4.51. The molecule has 0 aliphatic rings. The Bertz CT molecular complexity index is 741. The van der Waals surface area contributed by atoms with E-state index in [1.165, 1.54) is 0 Å². The molecule has 0 aromatic heterocycles. The van der Waals surface area contributed by atoms with Gasteiger partial charge in [0, 0.05) is 5.56 Å². The summed E-state index contributed by atoms with van der Waals surface area (Å²) >= 11 is 5.68. The molecule has 21 heavy (non-hydrogen) atoms. The molecular formula is C15H8ClF2NO2. The molecular weight excluding hydrogens is 300 g/mol. The van der Waals surface area contributed by atoms with Crippen molar-refractivity contribution in [2.75, 3.05) is 0 Å². The Labute approximate surface area is 124 Å². The summed E-state index contributed by atoms with van der Waals surface area (Å²) in [5.74, 6) is -3.23. The lowest BCUT2D eigenvalue weighted by Crippen LogP contribution is -2.08. The minimum absolute atomic E-state index is 0.169. The summed E-state index contributed by atoms with van der Waals surface area (Å²) in [6, 6.07) is 9.91. The third-order valence-electron chi connectivity index (χ3n) is 2.73. The lowest BCUT2D eigenvalue weighted by Gasteiger charge is -2.08. The first-order valence-electron chi connectivity index (χ1n) is 5.82. The average molecular weight is 308 g/mol. The van der Waals surface area contributed by atoms with Gasteiger partial charge in [-0.2, -0.15) is 5.26 Å². The minimum atomic E-state index is -1.19. The van der Waals surface area contributed by atoms with Crippen LogP contribution in [0.25, 0.3) is 0 Å². The number of nitrogens with zero attached hydrogens (tertiary/aromatic N) is 1. The molecule has 0 aliphatic carbocycles. The van der Waals surface area contributed by atoms with E-state index in [1.807, 2.05) is 6.07 Å². The van der Waals surface area contributed by atoms with Crippen molar-refractivity contribution < 1.29 is 18.3 Å². The monoisotopic (exact) mass is 307 g/mol. The largest absolute Gasteiger partial charge is 0.457 e. The lowest BCUT2D eigenvalue weighted by molar-refractivity contribution is 0.0472. The molecule has 0 atom stereocenters. The van der Waals surface area contributed by atoms with Crippen LogP contribution in [0.15, 0.2) is 36.4 Å². The van der Waals surface area contributed by atoms with Gasteiger partial charge in [-0.05, 0) is 18.2 Å². The van der Waals surface area contributed by atoms with E-state index in [0.717, 1.165) is 0 Å². The van der Waals surface area contributed by atoms with Crippen molar-refractivity contribution in [1.82, 2.24) is 0 Å². The predicted octanol–water partition coefficient (Wildman–Crippen LogP) is 3.85. The molecule has 2 aromatic carbocycles. The number of carbonyl (C=O) groups is 1. The molecule has 0 heterocycles. The van der Waals surface area contributed by atoms with Crippen LogP contribution in [0, 0.1) is 23.0 Å². The maximum atomic E-state index is 13.1. The number of esters is 1. The van der Waals surface area contributed by atoms with Crippen LogP contribution in [0.1, 0.15) is 21.5 Å². The van der Waals surface area contributed by atoms with Gasteiger partial charge in [0.15, 0.2) is 11.6 Å². The average Bonchev–Trinajstić information content (AvgIpc) is 2.48. The van der Waals surface area contributed by atoms with Gasteiger partial charge in [0.1, 0.15) is 6.61 Å². The summed E-state index contributed by atoms with van der Waals surface area (Å²) in [6.07, 6.45) is 0. The summed E-state index contributed by atoms with van der Waals surface area (Å²) < 4.78 is 31.0.